The van der Waals surface area contributed by atoms with E-state index in [1.165, 1.54) is 0 Å². The largest absolute Gasteiger partial charge is 0.497 e. The number of benzene rings is 2. The van der Waals surface area contributed by atoms with Crippen molar-refractivity contribution in [2.75, 3.05) is 12.4 Å². The summed E-state index contributed by atoms with van der Waals surface area (Å²) in [6, 6.07) is 10.7. The van der Waals surface area contributed by atoms with Crippen LogP contribution in [0, 0.1) is 5.92 Å². The number of ether oxygens (including phenoxy) is 1. The Bertz CT molecular complexity index is 792. The van der Waals surface area contributed by atoms with Crippen molar-refractivity contribution in [3.8, 4) is 5.75 Å². The maximum absolute atomic E-state index is 12.6. The zero-order valence-electron chi connectivity index (χ0n) is 14.7. The third kappa shape index (κ3) is 5.13. The molecule has 1 unspecified atom stereocenters. The number of hydrogen-bond donors (Lipinski definition) is 2. The number of nitrogens with one attached hydrogen (secondary N) is 2. The Balaban J connectivity index is 2.11. The minimum atomic E-state index is -0.726. The molecule has 0 aromatic heterocycles. The van der Waals surface area contributed by atoms with Crippen LogP contribution >= 0.6 is 23.2 Å². The van der Waals surface area contributed by atoms with Crippen LogP contribution in [0.25, 0.3) is 0 Å². The predicted octanol–water partition coefficient (Wildman–Crippen LogP) is 4.40. The van der Waals surface area contributed by atoms with E-state index >= 15 is 0 Å². The lowest BCUT2D eigenvalue weighted by Gasteiger charge is -2.22. The highest BCUT2D eigenvalue weighted by atomic mass is 35.5. The van der Waals surface area contributed by atoms with Gasteiger partial charge >= 0.3 is 0 Å². The summed E-state index contributed by atoms with van der Waals surface area (Å²) in [6.45, 7) is 3.70. The molecule has 0 saturated heterocycles. The van der Waals surface area contributed by atoms with Crippen molar-refractivity contribution in [3.05, 3.63) is 58.1 Å². The van der Waals surface area contributed by atoms with Gasteiger partial charge in [0.15, 0.2) is 0 Å². The number of carbonyl (C=O) groups excluding carboxylic acids is 2. The number of halogens is 2. The monoisotopic (exact) mass is 394 g/mol. The highest BCUT2D eigenvalue weighted by Crippen LogP contribution is 2.25. The number of amides is 2. The fourth-order valence-electron chi connectivity index (χ4n) is 2.30. The number of methoxy groups -OCH3 is 1. The molecule has 1 atom stereocenters. The molecule has 0 bridgehead atoms. The van der Waals surface area contributed by atoms with Crippen LogP contribution in [0.4, 0.5) is 5.69 Å². The number of carbonyl (C=O) groups is 2. The van der Waals surface area contributed by atoms with E-state index in [2.05, 4.69) is 10.6 Å². The van der Waals surface area contributed by atoms with Crippen molar-refractivity contribution in [2.45, 2.75) is 19.9 Å². The van der Waals surface area contributed by atoms with Crippen LogP contribution in [-0.2, 0) is 4.79 Å². The molecule has 2 aromatic carbocycles. The standard InChI is InChI=1S/C19H20Cl2N2O3/c1-11(2)17(19(25)22-16-9-6-13(20)10-15(16)21)23-18(24)12-4-7-14(26-3)8-5-12/h4-11,17H,1-3H3,(H,22,25)(H,23,24). The van der Waals surface area contributed by atoms with Crippen LogP contribution in [0.1, 0.15) is 24.2 Å². The van der Waals surface area contributed by atoms with Crippen LogP contribution in [0.2, 0.25) is 10.0 Å². The average Bonchev–Trinajstić information content (AvgIpc) is 2.61. The first-order chi connectivity index (χ1) is 12.3. The van der Waals surface area contributed by atoms with Crippen LogP contribution in [-0.4, -0.2) is 25.0 Å². The first-order valence-electron chi connectivity index (χ1n) is 8.02. The summed E-state index contributed by atoms with van der Waals surface area (Å²) in [7, 11) is 1.55. The topological polar surface area (TPSA) is 67.4 Å². The van der Waals surface area contributed by atoms with Gasteiger partial charge in [0.2, 0.25) is 5.91 Å². The van der Waals surface area contributed by atoms with Gasteiger partial charge in [-0.15, -0.1) is 0 Å². The lowest BCUT2D eigenvalue weighted by molar-refractivity contribution is -0.118. The molecule has 0 saturated carbocycles. The van der Waals surface area contributed by atoms with Crippen molar-refractivity contribution in [2.24, 2.45) is 5.92 Å². The minimum absolute atomic E-state index is 0.122. The molecule has 5 nitrogen and oxygen atoms in total. The van der Waals surface area contributed by atoms with Gasteiger partial charge in [0, 0.05) is 10.6 Å². The van der Waals surface area contributed by atoms with Gasteiger partial charge in [-0.3, -0.25) is 9.59 Å². The van der Waals surface area contributed by atoms with Gasteiger partial charge in [0.25, 0.3) is 5.91 Å². The molecule has 7 heteroatoms. The lowest BCUT2D eigenvalue weighted by atomic mass is 10.0. The normalized spacial score (nSPS) is 11.8. The fraction of sp³-hybridized carbons (Fsp3) is 0.263. The molecule has 2 rings (SSSR count). The Morgan fingerprint density at radius 3 is 2.23 bits per heavy atom. The first kappa shape index (κ1) is 20.1. The Hall–Kier alpha value is -2.24. The molecular formula is C19H20Cl2N2O3. The van der Waals surface area contributed by atoms with Crippen molar-refractivity contribution in [1.82, 2.24) is 5.32 Å². The number of anilines is 1. The van der Waals surface area contributed by atoms with E-state index in [9.17, 15) is 9.59 Å². The van der Waals surface area contributed by atoms with Crippen molar-refractivity contribution < 1.29 is 14.3 Å². The summed E-state index contributed by atoms with van der Waals surface area (Å²) in [5.41, 5.74) is 0.874. The Kier molecular flexibility index (Phi) is 6.89. The first-order valence-corrected chi connectivity index (χ1v) is 8.78. The van der Waals surface area contributed by atoms with Crippen LogP contribution in [0.5, 0.6) is 5.75 Å². The lowest BCUT2D eigenvalue weighted by Crippen LogP contribution is -2.47. The van der Waals surface area contributed by atoms with E-state index in [4.69, 9.17) is 27.9 Å². The van der Waals surface area contributed by atoms with Gasteiger partial charge in [0.1, 0.15) is 11.8 Å². The summed E-state index contributed by atoms with van der Waals surface area (Å²) < 4.78 is 5.07. The minimum Gasteiger partial charge on any atom is -0.497 e. The molecular weight excluding hydrogens is 375 g/mol. The molecule has 0 aliphatic rings. The number of hydrogen-bond acceptors (Lipinski definition) is 3. The van der Waals surface area contributed by atoms with E-state index in [-0.39, 0.29) is 17.7 Å². The zero-order valence-corrected chi connectivity index (χ0v) is 16.2. The summed E-state index contributed by atoms with van der Waals surface area (Å²) in [4.78, 5) is 25.1. The highest BCUT2D eigenvalue weighted by Gasteiger charge is 2.25. The second-order valence-corrected chi connectivity index (χ2v) is 6.88. The second-order valence-electron chi connectivity index (χ2n) is 6.04. The third-order valence-corrected chi connectivity index (χ3v) is 4.32. The van der Waals surface area contributed by atoms with E-state index in [1.807, 2.05) is 13.8 Å². The van der Waals surface area contributed by atoms with Gasteiger partial charge in [-0.25, -0.2) is 0 Å². The van der Waals surface area contributed by atoms with E-state index in [1.54, 1.807) is 49.6 Å². The summed E-state index contributed by atoms with van der Waals surface area (Å²) in [5, 5.41) is 6.29. The van der Waals surface area contributed by atoms with E-state index < -0.39 is 6.04 Å². The molecule has 2 amide bonds. The summed E-state index contributed by atoms with van der Waals surface area (Å²) >= 11 is 12.0. The fourth-order valence-corrected chi connectivity index (χ4v) is 2.76. The Morgan fingerprint density at radius 1 is 1.04 bits per heavy atom. The smallest absolute Gasteiger partial charge is 0.251 e. The molecule has 0 fully saturated rings. The molecule has 138 valence electrons. The molecule has 0 aliphatic carbocycles. The van der Waals surface area contributed by atoms with Gasteiger partial charge in [0.05, 0.1) is 17.8 Å². The van der Waals surface area contributed by atoms with Crippen LogP contribution in [0.15, 0.2) is 42.5 Å². The van der Waals surface area contributed by atoms with Gasteiger partial charge in [-0.2, -0.15) is 0 Å². The quantitative estimate of drug-likeness (QED) is 0.762. The van der Waals surface area contributed by atoms with Gasteiger partial charge < -0.3 is 15.4 Å². The molecule has 0 aliphatic heterocycles. The molecule has 0 heterocycles. The second kappa shape index (κ2) is 8.92. The van der Waals surface area contributed by atoms with E-state index in [0.717, 1.165) is 0 Å². The molecule has 0 spiro atoms. The Morgan fingerprint density at radius 2 is 1.69 bits per heavy atom. The maximum atomic E-state index is 12.6. The van der Waals surface area contributed by atoms with Crippen molar-refractivity contribution in [1.29, 1.82) is 0 Å². The van der Waals surface area contributed by atoms with Gasteiger partial charge in [-0.1, -0.05) is 37.0 Å². The van der Waals surface area contributed by atoms with Crippen LogP contribution < -0.4 is 15.4 Å². The van der Waals surface area contributed by atoms with Crippen molar-refractivity contribution >= 4 is 40.7 Å². The molecule has 0 radical (unpaired) electrons. The highest BCUT2D eigenvalue weighted by molar-refractivity contribution is 6.36. The maximum Gasteiger partial charge on any atom is 0.251 e. The zero-order chi connectivity index (χ0) is 19.3. The summed E-state index contributed by atoms with van der Waals surface area (Å²) in [6.07, 6.45) is 0. The molecule has 2 N–H and O–H groups in total. The SMILES string of the molecule is COc1ccc(C(=O)NC(C(=O)Nc2ccc(Cl)cc2Cl)C(C)C)cc1. The summed E-state index contributed by atoms with van der Waals surface area (Å²) in [5.74, 6) is -0.171. The van der Waals surface area contributed by atoms with Gasteiger partial charge in [-0.05, 0) is 48.4 Å². The Labute approximate surface area is 162 Å². The predicted molar refractivity (Wildman–Crippen MR) is 104 cm³/mol. The average molecular weight is 395 g/mol. The molecule has 2 aromatic rings. The van der Waals surface area contributed by atoms with Crippen molar-refractivity contribution in [3.63, 3.8) is 0 Å². The van der Waals surface area contributed by atoms with Crippen LogP contribution in [0.3, 0.4) is 0 Å². The molecule has 26 heavy (non-hydrogen) atoms. The number of rotatable bonds is 6. The van der Waals surface area contributed by atoms with E-state index in [0.29, 0.717) is 27.0 Å². The third-order valence-electron chi connectivity index (χ3n) is 3.78.